The molecule has 7 heteroatoms. The number of carbonyl (C=O) groups is 2. The molecule has 0 radical (unpaired) electrons. The third-order valence-corrected chi connectivity index (χ3v) is 3.53. The zero-order chi connectivity index (χ0) is 17.4. The number of hydrogen-bond donors (Lipinski definition) is 0. The number of hydrogen-bond acceptors (Lipinski definition) is 4. The first-order valence-electron chi connectivity index (χ1n) is 7.34. The van der Waals surface area contributed by atoms with Crippen LogP contribution in [-0.2, 0) is 9.59 Å². The summed E-state index contributed by atoms with van der Waals surface area (Å²) in [5.74, 6) is -1.97. The molecule has 128 valence electrons. The number of unbranched alkanes of at least 4 members (excludes halogenated alkanes) is 2. The predicted octanol–water partition coefficient (Wildman–Crippen LogP) is 2.50. The van der Waals surface area contributed by atoms with Gasteiger partial charge in [0.05, 0.1) is 0 Å². The summed E-state index contributed by atoms with van der Waals surface area (Å²) in [4.78, 5) is 19.9. The van der Waals surface area contributed by atoms with Crippen LogP contribution in [0.4, 0.5) is 0 Å². The van der Waals surface area contributed by atoms with Crippen LogP contribution in [0.2, 0.25) is 0 Å². The van der Waals surface area contributed by atoms with Gasteiger partial charge in [-0.3, -0.25) is 0 Å². The summed E-state index contributed by atoms with van der Waals surface area (Å²) in [7, 11) is 0. The summed E-state index contributed by atoms with van der Waals surface area (Å²) >= 11 is 11.4. The van der Waals surface area contributed by atoms with Crippen molar-refractivity contribution in [2.45, 2.75) is 65.2 Å². The van der Waals surface area contributed by atoms with E-state index in [1.54, 1.807) is 0 Å². The van der Waals surface area contributed by atoms with Gasteiger partial charge in [0, 0.05) is 22.0 Å². The maximum atomic E-state index is 9.95. The van der Waals surface area contributed by atoms with Gasteiger partial charge in [0.25, 0.3) is 0 Å². The van der Waals surface area contributed by atoms with E-state index in [0.717, 1.165) is 35.7 Å². The van der Waals surface area contributed by atoms with Crippen molar-refractivity contribution in [1.82, 2.24) is 0 Å². The van der Waals surface area contributed by atoms with Crippen molar-refractivity contribution in [3.8, 4) is 0 Å². The molecule has 0 aliphatic carbocycles. The van der Waals surface area contributed by atoms with Crippen molar-refractivity contribution < 1.29 is 19.8 Å². The Morgan fingerprint density at radius 2 is 1.00 bits per heavy atom. The van der Waals surface area contributed by atoms with Crippen LogP contribution < -0.4 is 10.2 Å². The molecule has 0 aromatic rings. The fourth-order valence-corrected chi connectivity index (χ4v) is 1.68. The molecule has 0 aliphatic rings. The van der Waals surface area contributed by atoms with Crippen molar-refractivity contribution in [3.63, 3.8) is 0 Å². The van der Waals surface area contributed by atoms with Crippen molar-refractivity contribution in [2.75, 3.05) is 0 Å². The van der Waals surface area contributed by atoms with E-state index in [0.29, 0.717) is 12.8 Å². The maximum Gasteiger partial charge on any atom is 2.00 e. The van der Waals surface area contributed by atoms with E-state index in [-0.39, 0.29) is 50.6 Å². The number of allylic oxidation sites excluding steroid dienone is 4. The topological polar surface area (TPSA) is 80.3 Å². The van der Waals surface area contributed by atoms with Crippen molar-refractivity contribution in [1.29, 1.82) is 0 Å². The first-order chi connectivity index (χ1) is 10.3. The van der Waals surface area contributed by atoms with Gasteiger partial charge in [0.15, 0.2) is 0 Å². The Morgan fingerprint density at radius 1 is 0.739 bits per heavy atom. The number of carboxylic acid groups (broad SMARTS) is 2. The molecule has 0 aliphatic heterocycles. The Kier molecular flexibility index (Phi) is 24.8. The van der Waals surface area contributed by atoms with Gasteiger partial charge in [-0.1, -0.05) is 35.4 Å². The van der Waals surface area contributed by atoms with Gasteiger partial charge in [0.2, 0.25) is 0 Å². The quantitative estimate of drug-likeness (QED) is 0.423. The molecule has 0 saturated heterocycles. The number of rotatable bonds is 10. The molecule has 0 fully saturated rings. The van der Waals surface area contributed by atoms with Crippen LogP contribution in [-0.4, -0.2) is 49.7 Å². The van der Waals surface area contributed by atoms with Crippen LogP contribution in [0.3, 0.4) is 0 Å². The normalized spacial score (nSPS) is 11.1. The molecule has 4 nitrogen and oxygen atoms in total. The predicted molar refractivity (Wildman–Crippen MR) is 91.9 cm³/mol. The summed E-state index contributed by atoms with van der Waals surface area (Å²) in [5.41, 5.74) is 0. The van der Waals surface area contributed by atoms with Crippen LogP contribution >= 0.6 is 23.2 Å². The minimum absolute atomic E-state index is 0. The molecule has 0 aromatic carbocycles. The fourth-order valence-electron chi connectivity index (χ4n) is 1.42. The molecular weight excluding hydrogens is 367 g/mol. The summed E-state index contributed by atoms with van der Waals surface area (Å²) in [6.07, 6.45) is 8.37. The summed E-state index contributed by atoms with van der Waals surface area (Å²) in [5, 5.41) is 21.5. The molecule has 0 unspecified atom stereocenters. The number of aliphatic carboxylic acids is 2. The van der Waals surface area contributed by atoms with Gasteiger partial charge in [-0.15, -0.1) is 0 Å². The third kappa shape index (κ3) is 27.4. The van der Waals surface area contributed by atoms with Gasteiger partial charge < -0.3 is 19.8 Å². The van der Waals surface area contributed by atoms with Gasteiger partial charge in [0.1, 0.15) is 0 Å². The van der Waals surface area contributed by atoms with Gasteiger partial charge in [-0.05, 0) is 65.2 Å². The van der Waals surface area contributed by atoms with E-state index in [1.165, 1.54) is 0 Å². The second-order valence-electron chi connectivity index (χ2n) is 4.63. The number of halogens is 2. The maximum absolute atomic E-state index is 9.95. The number of carbonyl (C=O) groups excluding carboxylic acids is 2. The average molecular weight is 391 g/mol. The molecule has 0 atom stereocenters. The second-order valence-corrected chi connectivity index (χ2v) is 5.60. The van der Waals surface area contributed by atoms with Crippen molar-refractivity contribution in [2.24, 2.45) is 0 Å². The van der Waals surface area contributed by atoms with Gasteiger partial charge in [-0.2, -0.15) is 0 Å². The summed E-state index contributed by atoms with van der Waals surface area (Å²) in [6, 6.07) is 0. The second kappa shape index (κ2) is 20.3. The minimum atomic E-state index is -0.985. The zero-order valence-electron chi connectivity index (χ0n) is 13.9. The molecular formula is C16H24CaCl2O4. The summed E-state index contributed by atoms with van der Waals surface area (Å²) in [6.45, 7) is 3.72. The average Bonchev–Trinajstić information content (AvgIpc) is 2.47. The van der Waals surface area contributed by atoms with E-state index in [4.69, 9.17) is 23.2 Å². The van der Waals surface area contributed by atoms with Crippen LogP contribution in [0, 0.1) is 0 Å². The Labute approximate surface area is 178 Å². The molecule has 0 amide bonds. The smallest absolute Gasteiger partial charge is 0.550 e. The van der Waals surface area contributed by atoms with Crippen molar-refractivity contribution in [3.05, 3.63) is 22.2 Å². The third-order valence-electron chi connectivity index (χ3n) is 2.72. The van der Waals surface area contributed by atoms with Gasteiger partial charge in [-0.25, -0.2) is 0 Å². The van der Waals surface area contributed by atoms with E-state index in [9.17, 15) is 19.8 Å². The monoisotopic (exact) mass is 390 g/mol. The molecule has 0 aromatic heterocycles. The van der Waals surface area contributed by atoms with E-state index >= 15 is 0 Å². The molecule has 0 spiro atoms. The molecule has 0 N–H and O–H groups in total. The Morgan fingerprint density at radius 3 is 1.22 bits per heavy atom. The Balaban J connectivity index is -0.000000333. The van der Waals surface area contributed by atoms with E-state index in [1.807, 2.05) is 26.0 Å². The van der Waals surface area contributed by atoms with Gasteiger partial charge >= 0.3 is 37.7 Å². The van der Waals surface area contributed by atoms with Crippen molar-refractivity contribution >= 4 is 72.9 Å². The van der Waals surface area contributed by atoms with Crippen LogP contribution in [0.1, 0.15) is 65.2 Å². The first-order valence-corrected chi connectivity index (χ1v) is 8.10. The molecule has 23 heavy (non-hydrogen) atoms. The van der Waals surface area contributed by atoms with E-state index in [2.05, 4.69) is 0 Å². The number of carboxylic acids is 2. The molecule has 0 bridgehead atoms. The van der Waals surface area contributed by atoms with E-state index < -0.39 is 11.9 Å². The fraction of sp³-hybridized carbons (Fsp3) is 0.625. The largest absolute Gasteiger partial charge is 2.00 e. The van der Waals surface area contributed by atoms with Crippen LogP contribution in [0.25, 0.3) is 0 Å². The first kappa shape index (κ1) is 28.1. The SMILES string of the molecule is C/C=C(\Cl)CCCCC(=O)[O-].C/C=C(\Cl)CCCCC(=O)[O-].[Ca+2]. The molecule has 0 heterocycles. The zero-order valence-corrected chi connectivity index (χ0v) is 17.6. The summed E-state index contributed by atoms with van der Waals surface area (Å²) < 4.78 is 0. The standard InChI is InChI=1S/2C8H13ClO2.Ca/c2*1-2-7(9)5-3-4-6-8(10)11;/h2*2H,3-6H2,1H3,(H,10,11);/q;;+2/p-2/b2*7-2-;. The molecule has 0 saturated carbocycles. The molecule has 0 rings (SSSR count). The Bertz CT molecular complexity index is 346. The van der Waals surface area contributed by atoms with Crippen LogP contribution in [0.5, 0.6) is 0 Å². The Hall–Kier alpha value is 0.260. The van der Waals surface area contributed by atoms with Crippen LogP contribution in [0.15, 0.2) is 22.2 Å². The minimum Gasteiger partial charge on any atom is -0.550 e.